The maximum absolute atomic E-state index is 8.82. The molecule has 1 unspecified atom stereocenters. The minimum absolute atomic E-state index is 0.168. The van der Waals surface area contributed by atoms with Gasteiger partial charge in [0, 0.05) is 19.2 Å². The molecule has 82 valence electrons. The number of hydrogen-bond donors (Lipinski definition) is 2. The fourth-order valence-corrected chi connectivity index (χ4v) is 1.96. The number of nitrogens with two attached hydrogens (primary N) is 1. The van der Waals surface area contributed by atoms with Crippen LogP contribution in [0.5, 0.6) is 0 Å². The Hall–Kier alpha value is -0.190. The van der Waals surface area contributed by atoms with Crippen molar-refractivity contribution in [2.45, 2.75) is 44.7 Å². The predicted molar refractivity (Wildman–Crippen MR) is 62.3 cm³/mol. The lowest BCUT2D eigenvalue weighted by Crippen LogP contribution is -2.50. The number of nitrogens with zero attached hydrogens (tertiary/aromatic N) is 1. The normalized spacial score (nSPS) is 19.4. The molecule has 0 aromatic heterocycles. The van der Waals surface area contributed by atoms with Gasteiger partial charge in [-0.15, -0.1) is 0 Å². The highest BCUT2D eigenvalue weighted by molar-refractivity contribution is 7.80. The lowest BCUT2D eigenvalue weighted by atomic mass is 9.90. The summed E-state index contributed by atoms with van der Waals surface area (Å²) in [5, 5.41) is 8.82. The second-order valence-corrected chi connectivity index (χ2v) is 4.45. The van der Waals surface area contributed by atoms with E-state index in [1.165, 1.54) is 19.3 Å². The van der Waals surface area contributed by atoms with Crippen molar-refractivity contribution in [3.8, 4) is 0 Å². The van der Waals surface area contributed by atoms with Crippen LogP contribution in [0.3, 0.4) is 0 Å². The Morgan fingerprint density at radius 2 is 2.29 bits per heavy atom. The zero-order chi connectivity index (χ0) is 10.6. The number of hydrogen-bond acceptors (Lipinski definition) is 3. The zero-order valence-electron chi connectivity index (χ0n) is 8.78. The monoisotopic (exact) mass is 216 g/mol. The molecule has 14 heavy (non-hydrogen) atoms. The van der Waals surface area contributed by atoms with Crippen LogP contribution in [0.25, 0.3) is 0 Å². The fraction of sp³-hybridized carbons (Fsp3) is 0.900. The van der Waals surface area contributed by atoms with Crippen LogP contribution < -0.4 is 5.73 Å². The van der Waals surface area contributed by atoms with Crippen molar-refractivity contribution in [1.29, 1.82) is 0 Å². The zero-order valence-corrected chi connectivity index (χ0v) is 9.59. The number of aliphatic hydroxyl groups excluding tert-OH is 1. The van der Waals surface area contributed by atoms with Gasteiger partial charge < -0.3 is 10.8 Å². The van der Waals surface area contributed by atoms with Gasteiger partial charge in [0.1, 0.15) is 0 Å². The molecule has 1 aliphatic rings. The molecule has 0 heterocycles. The number of rotatable bonds is 6. The lowest BCUT2D eigenvalue weighted by molar-refractivity contribution is 0.104. The Bertz CT molecular complexity index is 195. The maximum atomic E-state index is 8.82. The second-order valence-electron chi connectivity index (χ2n) is 3.98. The Kier molecular flexibility index (Phi) is 4.78. The topological polar surface area (TPSA) is 49.5 Å². The van der Waals surface area contributed by atoms with E-state index >= 15 is 0 Å². The lowest BCUT2D eigenvalue weighted by Gasteiger charge is -2.41. The second kappa shape index (κ2) is 5.63. The van der Waals surface area contributed by atoms with Crippen LogP contribution in [0, 0.1) is 0 Å². The molecular weight excluding hydrogens is 196 g/mol. The summed E-state index contributed by atoms with van der Waals surface area (Å²) in [7, 11) is 0. The molecule has 1 rings (SSSR count). The molecule has 0 bridgehead atoms. The molecule has 0 saturated heterocycles. The molecule has 1 atom stereocenters. The first kappa shape index (κ1) is 11.9. The molecule has 1 fully saturated rings. The number of thiocarbonyl (C=S) groups is 1. The van der Waals surface area contributed by atoms with Gasteiger partial charge in [-0.3, -0.25) is 4.90 Å². The molecule has 3 N–H and O–H groups in total. The van der Waals surface area contributed by atoms with Crippen LogP contribution in [0.2, 0.25) is 0 Å². The molecule has 0 spiro atoms. The van der Waals surface area contributed by atoms with Crippen molar-refractivity contribution in [2.24, 2.45) is 5.73 Å². The van der Waals surface area contributed by atoms with Crippen LogP contribution in [-0.4, -0.2) is 40.2 Å². The average Bonchev–Trinajstić information content (AvgIpc) is 2.07. The molecule has 0 aromatic carbocycles. The van der Waals surface area contributed by atoms with Crippen LogP contribution in [0.4, 0.5) is 0 Å². The van der Waals surface area contributed by atoms with Crippen LogP contribution in [-0.2, 0) is 0 Å². The van der Waals surface area contributed by atoms with Crippen molar-refractivity contribution in [1.82, 2.24) is 4.90 Å². The van der Waals surface area contributed by atoms with E-state index in [0.717, 1.165) is 13.0 Å². The van der Waals surface area contributed by atoms with E-state index in [0.29, 0.717) is 11.0 Å². The Labute approximate surface area is 91.3 Å². The molecule has 1 aliphatic carbocycles. The fourth-order valence-electron chi connectivity index (χ4n) is 1.83. The van der Waals surface area contributed by atoms with Crippen LogP contribution >= 0.6 is 12.2 Å². The standard InChI is InChI=1S/C10H20N2OS/c1-8(10(11)14)12(6-3-7-13)9-4-2-5-9/h8-9,13H,2-7H2,1H3,(H2,11,14). The van der Waals surface area contributed by atoms with Crippen molar-refractivity contribution in [3.63, 3.8) is 0 Å². The molecule has 0 amide bonds. The van der Waals surface area contributed by atoms with Crippen LogP contribution in [0.15, 0.2) is 0 Å². The first-order valence-corrected chi connectivity index (χ1v) is 5.73. The third-order valence-corrected chi connectivity index (χ3v) is 3.37. The van der Waals surface area contributed by atoms with Gasteiger partial charge in [0.2, 0.25) is 0 Å². The first-order valence-electron chi connectivity index (χ1n) is 5.32. The molecule has 0 aromatic rings. The van der Waals surface area contributed by atoms with Crippen molar-refractivity contribution < 1.29 is 5.11 Å². The van der Waals surface area contributed by atoms with E-state index < -0.39 is 0 Å². The molecule has 3 nitrogen and oxygen atoms in total. The third kappa shape index (κ3) is 2.90. The summed E-state index contributed by atoms with van der Waals surface area (Å²) in [4.78, 5) is 2.90. The van der Waals surface area contributed by atoms with Crippen LogP contribution in [0.1, 0.15) is 32.6 Å². The summed E-state index contributed by atoms with van der Waals surface area (Å²) in [6, 6.07) is 0.805. The van der Waals surface area contributed by atoms with E-state index in [-0.39, 0.29) is 12.6 Å². The van der Waals surface area contributed by atoms with Gasteiger partial charge in [-0.25, -0.2) is 0 Å². The Balaban J connectivity index is 2.46. The van der Waals surface area contributed by atoms with Gasteiger partial charge >= 0.3 is 0 Å². The van der Waals surface area contributed by atoms with Gasteiger partial charge in [-0.1, -0.05) is 18.6 Å². The average molecular weight is 216 g/mol. The van der Waals surface area contributed by atoms with Crippen molar-refractivity contribution in [2.75, 3.05) is 13.2 Å². The smallest absolute Gasteiger partial charge is 0.0899 e. The number of aliphatic hydroxyl groups is 1. The van der Waals surface area contributed by atoms with Gasteiger partial charge in [0.25, 0.3) is 0 Å². The summed E-state index contributed by atoms with van der Waals surface area (Å²) in [5.74, 6) is 0. The molecule has 1 saturated carbocycles. The highest BCUT2D eigenvalue weighted by atomic mass is 32.1. The van der Waals surface area contributed by atoms with Crippen molar-refractivity contribution in [3.05, 3.63) is 0 Å². The van der Waals surface area contributed by atoms with E-state index in [2.05, 4.69) is 11.8 Å². The predicted octanol–water partition coefficient (Wildman–Crippen LogP) is 0.898. The summed E-state index contributed by atoms with van der Waals surface area (Å²) in [6.45, 7) is 3.20. The minimum Gasteiger partial charge on any atom is -0.396 e. The minimum atomic E-state index is 0.168. The SMILES string of the molecule is CC(C(N)=S)N(CCCO)C1CCC1. The highest BCUT2D eigenvalue weighted by Gasteiger charge is 2.28. The third-order valence-electron chi connectivity index (χ3n) is 3.03. The highest BCUT2D eigenvalue weighted by Crippen LogP contribution is 2.26. The van der Waals surface area contributed by atoms with Crippen molar-refractivity contribution >= 4 is 17.2 Å². The van der Waals surface area contributed by atoms with E-state index in [9.17, 15) is 0 Å². The Morgan fingerprint density at radius 3 is 2.64 bits per heavy atom. The molecular formula is C10H20N2OS. The van der Waals surface area contributed by atoms with Gasteiger partial charge in [-0.2, -0.15) is 0 Å². The van der Waals surface area contributed by atoms with E-state index in [1.54, 1.807) is 0 Å². The summed E-state index contributed by atoms with van der Waals surface area (Å²) >= 11 is 5.01. The molecule has 0 aliphatic heterocycles. The summed E-state index contributed by atoms with van der Waals surface area (Å²) < 4.78 is 0. The molecule has 4 heteroatoms. The maximum Gasteiger partial charge on any atom is 0.0899 e. The quantitative estimate of drug-likeness (QED) is 0.648. The first-order chi connectivity index (χ1) is 6.66. The van der Waals surface area contributed by atoms with E-state index in [4.69, 9.17) is 23.1 Å². The Morgan fingerprint density at radius 1 is 1.64 bits per heavy atom. The van der Waals surface area contributed by atoms with E-state index in [1.807, 2.05) is 0 Å². The molecule has 0 radical (unpaired) electrons. The summed E-state index contributed by atoms with van der Waals surface area (Å²) in [5.41, 5.74) is 5.65. The van der Waals surface area contributed by atoms with Gasteiger partial charge in [0.05, 0.1) is 11.0 Å². The largest absolute Gasteiger partial charge is 0.396 e. The van der Waals surface area contributed by atoms with Gasteiger partial charge in [0.15, 0.2) is 0 Å². The van der Waals surface area contributed by atoms with Gasteiger partial charge in [-0.05, 0) is 26.2 Å². The summed E-state index contributed by atoms with van der Waals surface area (Å²) in [6.07, 6.45) is 4.62.